The van der Waals surface area contributed by atoms with E-state index in [-0.39, 0.29) is 11.0 Å². The topological polar surface area (TPSA) is 29.9 Å². The van der Waals surface area contributed by atoms with Gasteiger partial charge in [0.15, 0.2) is 0 Å². The molecular weight excluding hydrogens is 270 g/mol. The van der Waals surface area contributed by atoms with Crippen molar-refractivity contribution >= 4 is 11.6 Å². The molecular formula is C16H30ClN3. The number of aromatic nitrogens is 2. The fourth-order valence-electron chi connectivity index (χ4n) is 2.22. The third-order valence-electron chi connectivity index (χ3n) is 4.27. The minimum Gasteiger partial charge on any atom is -0.312 e. The quantitative estimate of drug-likeness (QED) is 0.891. The molecule has 3 nitrogen and oxygen atoms in total. The molecule has 0 fully saturated rings. The first-order valence-electron chi connectivity index (χ1n) is 7.39. The molecule has 0 radical (unpaired) electrons. The Bertz CT molecular complexity index is 457. The molecule has 0 bridgehead atoms. The Morgan fingerprint density at radius 2 is 1.80 bits per heavy atom. The molecule has 1 aromatic rings. The smallest absolute Gasteiger partial charge is 0.130 e. The Labute approximate surface area is 129 Å². The Hall–Kier alpha value is -0.540. The van der Waals surface area contributed by atoms with Crippen LogP contribution in [-0.2, 0) is 13.5 Å². The SMILES string of the molecule is Cc1nn(C)c(Cl)c1CC(C)(CNC(C)(C)C)C(C)C. The minimum atomic E-state index is 0.129. The van der Waals surface area contributed by atoms with E-state index in [2.05, 4.69) is 52.0 Å². The maximum atomic E-state index is 6.39. The van der Waals surface area contributed by atoms with Gasteiger partial charge in [-0.1, -0.05) is 32.4 Å². The lowest BCUT2D eigenvalue weighted by atomic mass is 9.74. The van der Waals surface area contributed by atoms with Crippen molar-refractivity contribution in [2.75, 3.05) is 6.54 Å². The zero-order valence-electron chi connectivity index (χ0n) is 14.3. The maximum absolute atomic E-state index is 6.39. The minimum absolute atomic E-state index is 0.129. The standard InChI is InChI=1S/C16H30ClN3/c1-11(2)16(7,10-18-15(4,5)6)9-13-12(3)19-20(8)14(13)17/h11,18H,9-10H2,1-8H3. The zero-order valence-corrected chi connectivity index (χ0v) is 15.0. The normalized spacial score (nSPS) is 15.7. The third-order valence-corrected chi connectivity index (χ3v) is 4.74. The molecule has 0 spiro atoms. The van der Waals surface area contributed by atoms with Crippen LogP contribution in [0.1, 0.15) is 52.8 Å². The van der Waals surface area contributed by atoms with Crippen molar-refractivity contribution in [1.82, 2.24) is 15.1 Å². The van der Waals surface area contributed by atoms with Gasteiger partial charge in [-0.15, -0.1) is 0 Å². The Morgan fingerprint density at radius 3 is 2.15 bits per heavy atom. The summed E-state index contributed by atoms with van der Waals surface area (Å²) in [5.74, 6) is 0.563. The fraction of sp³-hybridized carbons (Fsp3) is 0.812. The highest BCUT2D eigenvalue weighted by molar-refractivity contribution is 6.30. The summed E-state index contributed by atoms with van der Waals surface area (Å²) < 4.78 is 1.77. The lowest BCUT2D eigenvalue weighted by molar-refractivity contribution is 0.187. The van der Waals surface area contributed by atoms with Gasteiger partial charge >= 0.3 is 0 Å². The van der Waals surface area contributed by atoms with Crippen LogP contribution in [0.5, 0.6) is 0 Å². The molecule has 0 amide bonds. The molecule has 1 aromatic heterocycles. The van der Waals surface area contributed by atoms with Gasteiger partial charge < -0.3 is 5.32 Å². The number of nitrogens with zero attached hydrogens (tertiary/aromatic N) is 2. The Kier molecular flexibility index (Phi) is 5.31. The highest BCUT2D eigenvalue weighted by Gasteiger charge is 2.32. The van der Waals surface area contributed by atoms with Crippen molar-refractivity contribution in [2.45, 2.75) is 60.4 Å². The molecule has 0 aliphatic heterocycles. The molecule has 1 atom stereocenters. The van der Waals surface area contributed by atoms with Crippen LogP contribution in [0.15, 0.2) is 0 Å². The van der Waals surface area contributed by atoms with E-state index in [4.69, 9.17) is 11.6 Å². The molecule has 20 heavy (non-hydrogen) atoms. The molecule has 0 saturated carbocycles. The number of aryl methyl sites for hydroxylation is 2. The molecule has 0 saturated heterocycles. The molecule has 1 unspecified atom stereocenters. The van der Waals surface area contributed by atoms with Crippen LogP contribution in [0.4, 0.5) is 0 Å². The van der Waals surface area contributed by atoms with Gasteiger partial charge in [-0.25, -0.2) is 0 Å². The van der Waals surface area contributed by atoms with E-state index >= 15 is 0 Å². The summed E-state index contributed by atoms with van der Waals surface area (Å²) in [7, 11) is 1.90. The summed E-state index contributed by atoms with van der Waals surface area (Å²) in [5, 5.41) is 8.84. The summed E-state index contributed by atoms with van der Waals surface area (Å²) in [6.45, 7) is 16.5. The summed E-state index contributed by atoms with van der Waals surface area (Å²) in [6.07, 6.45) is 0.951. The van der Waals surface area contributed by atoms with E-state index in [1.54, 1.807) is 4.68 Å². The second kappa shape index (κ2) is 6.07. The van der Waals surface area contributed by atoms with Gasteiger partial charge in [-0.3, -0.25) is 4.68 Å². The molecule has 4 heteroatoms. The van der Waals surface area contributed by atoms with Gasteiger partial charge in [0.05, 0.1) is 5.69 Å². The van der Waals surface area contributed by atoms with E-state index in [1.807, 2.05) is 14.0 Å². The lowest BCUT2D eigenvalue weighted by Crippen LogP contribution is -2.45. The highest BCUT2D eigenvalue weighted by Crippen LogP contribution is 2.34. The number of hydrogen-bond donors (Lipinski definition) is 1. The maximum Gasteiger partial charge on any atom is 0.130 e. The van der Waals surface area contributed by atoms with Gasteiger partial charge in [0.2, 0.25) is 0 Å². The average Bonchev–Trinajstić information content (AvgIpc) is 2.52. The molecule has 0 aromatic carbocycles. The van der Waals surface area contributed by atoms with Crippen molar-refractivity contribution in [3.05, 3.63) is 16.4 Å². The molecule has 116 valence electrons. The van der Waals surface area contributed by atoms with Crippen LogP contribution in [0.3, 0.4) is 0 Å². The van der Waals surface area contributed by atoms with Gasteiger partial charge in [-0.2, -0.15) is 5.10 Å². The van der Waals surface area contributed by atoms with Crippen LogP contribution in [-0.4, -0.2) is 21.9 Å². The Morgan fingerprint density at radius 1 is 1.25 bits per heavy atom. The van der Waals surface area contributed by atoms with Crippen LogP contribution >= 0.6 is 11.6 Å². The van der Waals surface area contributed by atoms with E-state index in [0.29, 0.717) is 5.92 Å². The molecule has 1 rings (SSSR count). The van der Waals surface area contributed by atoms with Gasteiger partial charge in [0.1, 0.15) is 5.15 Å². The van der Waals surface area contributed by atoms with E-state index in [0.717, 1.165) is 23.8 Å². The van der Waals surface area contributed by atoms with Crippen LogP contribution < -0.4 is 5.32 Å². The summed E-state index contributed by atoms with van der Waals surface area (Å²) in [5.41, 5.74) is 2.51. The zero-order chi connectivity index (χ0) is 15.7. The first kappa shape index (κ1) is 17.5. The van der Waals surface area contributed by atoms with Gasteiger partial charge in [0, 0.05) is 24.7 Å². The second-order valence-corrected chi connectivity index (χ2v) is 7.93. The first-order chi connectivity index (χ1) is 8.96. The van der Waals surface area contributed by atoms with Crippen molar-refractivity contribution < 1.29 is 0 Å². The van der Waals surface area contributed by atoms with Gasteiger partial charge in [-0.05, 0) is 45.4 Å². The predicted molar refractivity (Wildman–Crippen MR) is 87.4 cm³/mol. The number of hydrogen-bond acceptors (Lipinski definition) is 2. The van der Waals surface area contributed by atoms with Crippen molar-refractivity contribution in [1.29, 1.82) is 0 Å². The van der Waals surface area contributed by atoms with Crippen molar-refractivity contribution in [3.63, 3.8) is 0 Å². The van der Waals surface area contributed by atoms with Crippen LogP contribution in [0, 0.1) is 18.3 Å². The van der Waals surface area contributed by atoms with Crippen molar-refractivity contribution in [2.24, 2.45) is 18.4 Å². The summed E-state index contributed by atoms with van der Waals surface area (Å²) in [6, 6.07) is 0. The molecule has 1 heterocycles. The first-order valence-corrected chi connectivity index (χ1v) is 7.77. The number of rotatable bonds is 5. The Balaban J connectivity index is 2.97. The monoisotopic (exact) mass is 299 g/mol. The second-order valence-electron chi connectivity index (χ2n) is 7.57. The number of nitrogens with one attached hydrogen (secondary N) is 1. The fourth-order valence-corrected chi connectivity index (χ4v) is 2.46. The van der Waals surface area contributed by atoms with Crippen molar-refractivity contribution in [3.8, 4) is 0 Å². The predicted octanol–water partition coefficient (Wildman–Crippen LogP) is 3.97. The third kappa shape index (κ3) is 4.23. The average molecular weight is 300 g/mol. The lowest BCUT2D eigenvalue weighted by Gasteiger charge is -2.37. The van der Waals surface area contributed by atoms with Crippen LogP contribution in [0.2, 0.25) is 5.15 Å². The highest BCUT2D eigenvalue weighted by atomic mass is 35.5. The van der Waals surface area contributed by atoms with E-state index in [9.17, 15) is 0 Å². The molecule has 0 aliphatic carbocycles. The number of halogens is 1. The molecule has 0 aliphatic rings. The van der Waals surface area contributed by atoms with E-state index in [1.165, 1.54) is 5.56 Å². The van der Waals surface area contributed by atoms with E-state index < -0.39 is 0 Å². The van der Waals surface area contributed by atoms with Crippen LogP contribution in [0.25, 0.3) is 0 Å². The molecule has 1 N–H and O–H groups in total. The largest absolute Gasteiger partial charge is 0.312 e. The summed E-state index contributed by atoms with van der Waals surface area (Å²) >= 11 is 6.39. The summed E-state index contributed by atoms with van der Waals surface area (Å²) in [4.78, 5) is 0. The van der Waals surface area contributed by atoms with Gasteiger partial charge in [0.25, 0.3) is 0 Å².